The average molecular weight is 519 g/mol. The third kappa shape index (κ3) is 5.64. The molecule has 4 N–H and O–H groups in total. The molecule has 0 amide bonds. The summed E-state index contributed by atoms with van der Waals surface area (Å²) in [6.07, 6.45) is 3.32. The molecule has 0 aromatic heterocycles. The summed E-state index contributed by atoms with van der Waals surface area (Å²) in [5.74, 6) is -1.21. The second kappa shape index (κ2) is 9.59. The second-order valence-corrected chi connectivity index (χ2v) is 11.5. The van der Waals surface area contributed by atoms with Crippen molar-refractivity contribution in [1.82, 2.24) is 0 Å². The molecule has 0 spiro atoms. The van der Waals surface area contributed by atoms with Gasteiger partial charge in [-0.1, -0.05) is 30.2 Å². The maximum Gasteiger partial charge on any atom is 0.446 e. The van der Waals surface area contributed by atoms with E-state index in [1.54, 1.807) is 6.08 Å². The summed E-state index contributed by atoms with van der Waals surface area (Å²) in [5, 5.41) is 22.1. The number of benzene rings is 1. The van der Waals surface area contributed by atoms with E-state index in [-0.39, 0.29) is 18.4 Å². The molecule has 3 atom stereocenters. The molecular weight excluding hydrogens is 488 g/mol. The molecule has 1 aromatic rings. The van der Waals surface area contributed by atoms with Gasteiger partial charge in [0.05, 0.1) is 11.5 Å². The normalized spacial score (nSPS) is 26.6. The van der Waals surface area contributed by atoms with E-state index in [9.17, 15) is 36.2 Å². The van der Waals surface area contributed by atoms with Gasteiger partial charge in [-0.2, -0.15) is 16.8 Å². The quantitative estimate of drug-likeness (QED) is 0.344. The van der Waals surface area contributed by atoms with Gasteiger partial charge in [-0.3, -0.25) is 9.11 Å². The van der Waals surface area contributed by atoms with Gasteiger partial charge in [-0.05, 0) is 64.0 Å². The van der Waals surface area contributed by atoms with Gasteiger partial charge in [0.15, 0.2) is 11.5 Å². The van der Waals surface area contributed by atoms with Crippen LogP contribution in [-0.2, 0) is 26.9 Å². The Labute approximate surface area is 199 Å². The van der Waals surface area contributed by atoms with Crippen LogP contribution in [0.25, 0.3) is 0 Å². The van der Waals surface area contributed by atoms with Gasteiger partial charge in [-0.15, -0.1) is 0 Å². The Balaban J connectivity index is 2.34. The Morgan fingerprint density at radius 2 is 1.71 bits per heavy atom. The fourth-order valence-corrected chi connectivity index (χ4v) is 5.76. The van der Waals surface area contributed by atoms with Crippen LogP contribution in [0.3, 0.4) is 0 Å². The molecule has 3 rings (SSSR count). The van der Waals surface area contributed by atoms with E-state index in [0.717, 1.165) is 23.6 Å². The number of ether oxygens (including phenoxy) is 1. The molecule has 12 heteroatoms. The van der Waals surface area contributed by atoms with Crippen molar-refractivity contribution in [2.24, 2.45) is 5.41 Å². The first-order valence-corrected chi connectivity index (χ1v) is 13.6. The first-order chi connectivity index (χ1) is 15.6. The number of allylic oxidation sites excluding steroid dienone is 4. The number of rotatable bonds is 3. The van der Waals surface area contributed by atoms with Crippen molar-refractivity contribution in [3.8, 4) is 11.5 Å². The van der Waals surface area contributed by atoms with Gasteiger partial charge in [0.25, 0.3) is 10.1 Å². The highest BCUT2D eigenvalue weighted by Crippen LogP contribution is 2.54. The minimum absolute atomic E-state index is 0.0508. The summed E-state index contributed by atoms with van der Waals surface area (Å²) in [6, 6.07) is 0.990. The molecule has 0 radical (unpaired) electrons. The Bertz CT molecular complexity index is 1230. The summed E-state index contributed by atoms with van der Waals surface area (Å²) < 4.78 is 77.4. The van der Waals surface area contributed by atoms with Gasteiger partial charge < -0.3 is 19.1 Å². The maximum atomic E-state index is 12.5. The van der Waals surface area contributed by atoms with Crippen molar-refractivity contribution in [1.29, 1.82) is 0 Å². The Morgan fingerprint density at radius 1 is 1.06 bits per heavy atom. The second-order valence-electron chi connectivity index (χ2n) is 9.17. The third-order valence-electron chi connectivity index (χ3n) is 6.44. The number of hydrogen-bond acceptors (Lipinski definition) is 8. The fraction of sp³-hybridized carbons (Fsp3) is 0.545. The van der Waals surface area contributed by atoms with Crippen LogP contribution in [0.15, 0.2) is 34.3 Å². The SMILES string of the molecule is CC1=CCc2cc(OS(=O)(=O)O)c3c(c2S(=O)(=O)O)C(O)C(C)(CCCC(C)=CCC1)C(O)O3. The summed E-state index contributed by atoms with van der Waals surface area (Å²) in [7, 11) is -10.0. The molecule has 0 saturated heterocycles. The molecule has 3 bridgehead atoms. The molecule has 0 saturated carbocycles. The highest BCUT2D eigenvalue weighted by atomic mass is 32.3. The number of aliphatic hydroxyl groups excluding tert-OH is 2. The minimum atomic E-state index is -5.07. The largest absolute Gasteiger partial charge is 0.460 e. The highest BCUT2D eigenvalue weighted by Gasteiger charge is 2.50. The van der Waals surface area contributed by atoms with Crippen LogP contribution in [-0.4, -0.2) is 42.4 Å². The molecule has 1 aliphatic heterocycles. The average Bonchev–Trinajstić information content (AvgIpc) is 2.69. The summed E-state index contributed by atoms with van der Waals surface area (Å²) in [6.45, 7) is 5.35. The zero-order valence-corrected chi connectivity index (χ0v) is 20.8. The molecule has 1 aliphatic carbocycles. The van der Waals surface area contributed by atoms with Crippen molar-refractivity contribution in [3.05, 3.63) is 40.5 Å². The van der Waals surface area contributed by atoms with Gasteiger partial charge in [0.1, 0.15) is 4.90 Å². The smallest absolute Gasteiger partial charge is 0.446 e. The van der Waals surface area contributed by atoms with Gasteiger partial charge >= 0.3 is 10.4 Å². The lowest BCUT2D eigenvalue weighted by molar-refractivity contribution is -0.177. The van der Waals surface area contributed by atoms with Crippen molar-refractivity contribution in [2.45, 2.75) is 76.6 Å². The van der Waals surface area contributed by atoms with E-state index >= 15 is 0 Å². The van der Waals surface area contributed by atoms with Crippen molar-refractivity contribution >= 4 is 20.5 Å². The van der Waals surface area contributed by atoms with Crippen molar-refractivity contribution < 1.29 is 45.1 Å². The Kier molecular flexibility index (Phi) is 7.52. The van der Waals surface area contributed by atoms with E-state index in [4.69, 9.17) is 4.74 Å². The molecule has 10 nitrogen and oxygen atoms in total. The molecule has 0 fully saturated rings. The summed E-state index contributed by atoms with van der Waals surface area (Å²) >= 11 is 0. The van der Waals surface area contributed by atoms with E-state index < -0.39 is 60.3 Å². The van der Waals surface area contributed by atoms with Crippen LogP contribution in [0, 0.1) is 5.41 Å². The zero-order chi connectivity index (χ0) is 25.5. The Morgan fingerprint density at radius 3 is 2.32 bits per heavy atom. The van der Waals surface area contributed by atoms with Crippen LogP contribution < -0.4 is 8.92 Å². The van der Waals surface area contributed by atoms with Crippen LogP contribution in [0.2, 0.25) is 0 Å². The molecule has 2 aliphatic rings. The molecule has 1 aromatic carbocycles. The number of hydrogen-bond donors (Lipinski definition) is 4. The van der Waals surface area contributed by atoms with Crippen molar-refractivity contribution in [3.63, 3.8) is 0 Å². The predicted octanol–water partition coefficient (Wildman–Crippen LogP) is 3.26. The zero-order valence-electron chi connectivity index (χ0n) is 19.2. The van der Waals surface area contributed by atoms with E-state index in [0.29, 0.717) is 19.3 Å². The van der Waals surface area contributed by atoms with Crippen LogP contribution in [0.4, 0.5) is 0 Å². The lowest BCUT2D eigenvalue weighted by Gasteiger charge is -2.44. The molecule has 3 unspecified atom stereocenters. The van der Waals surface area contributed by atoms with Crippen molar-refractivity contribution in [2.75, 3.05) is 0 Å². The van der Waals surface area contributed by atoms with E-state index in [1.165, 1.54) is 6.92 Å². The van der Waals surface area contributed by atoms with Gasteiger partial charge in [-0.25, -0.2) is 0 Å². The monoisotopic (exact) mass is 518 g/mol. The highest BCUT2D eigenvalue weighted by molar-refractivity contribution is 7.86. The molecule has 34 heavy (non-hydrogen) atoms. The fourth-order valence-electron chi connectivity index (χ4n) is 4.45. The van der Waals surface area contributed by atoms with E-state index in [1.807, 2.05) is 13.8 Å². The summed E-state index contributed by atoms with van der Waals surface area (Å²) in [5.41, 5.74) is 0.164. The molecular formula is C22H30O10S2. The Hall–Kier alpha value is -1.96. The molecule has 190 valence electrons. The van der Waals surface area contributed by atoms with Crippen LogP contribution in [0.1, 0.15) is 70.1 Å². The first kappa shape index (κ1) is 26.6. The topological polar surface area (TPSA) is 168 Å². The minimum Gasteiger partial charge on any atom is -0.460 e. The lowest BCUT2D eigenvalue weighted by Crippen LogP contribution is -2.46. The first-order valence-electron chi connectivity index (χ1n) is 10.8. The predicted molar refractivity (Wildman–Crippen MR) is 122 cm³/mol. The van der Waals surface area contributed by atoms with Gasteiger partial charge in [0, 0.05) is 5.56 Å². The third-order valence-corrected chi connectivity index (χ3v) is 7.83. The van der Waals surface area contributed by atoms with Gasteiger partial charge in [0.2, 0.25) is 6.29 Å². The van der Waals surface area contributed by atoms with E-state index in [2.05, 4.69) is 10.3 Å². The number of fused-ring (bicyclic) bond motifs is 2. The van der Waals surface area contributed by atoms with Crippen LogP contribution in [0.5, 0.6) is 11.5 Å². The van der Waals surface area contributed by atoms with Crippen LogP contribution >= 0.6 is 0 Å². The lowest BCUT2D eigenvalue weighted by atomic mass is 9.73. The molecule has 1 heterocycles. The maximum absolute atomic E-state index is 12.5. The standard InChI is InChI=1S/C22H30O10S2/c1-13-6-4-7-14(2)9-10-15-12-16(32-34(28,29)30)18-17(19(15)33(25,26)27)20(23)22(3,11-5-8-13)21(24)31-18/h6,9,12,20-21,23-24H,4-5,7-8,10-11H2,1-3H3,(H,25,26,27)(H,28,29,30). The number of aliphatic hydroxyl groups is 2. The summed E-state index contributed by atoms with van der Waals surface area (Å²) in [4.78, 5) is -0.649.